The summed E-state index contributed by atoms with van der Waals surface area (Å²) in [6.45, 7) is 2.38. The van der Waals surface area contributed by atoms with E-state index in [9.17, 15) is 0 Å². The summed E-state index contributed by atoms with van der Waals surface area (Å²) in [4.78, 5) is 4.56. The zero-order chi connectivity index (χ0) is 19.4. The molecule has 0 aromatic carbocycles. The molecule has 0 N–H and O–H groups in total. The maximum Gasteiger partial charge on any atom is 0.236 e. The van der Waals surface area contributed by atoms with Crippen LogP contribution in [0.25, 0.3) is 17.2 Å². The first kappa shape index (κ1) is 16.7. The number of aromatic nitrogens is 5. The van der Waals surface area contributed by atoms with Crippen LogP contribution >= 0.6 is 0 Å². The molecule has 7 nitrogen and oxygen atoms in total. The lowest BCUT2D eigenvalue weighted by Crippen LogP contribution is -2.25. The van der Waals surface area contributed by atoms with Crippen molar-refractivity contribution in [2.75, 3.05) is 0 Å². The van der Waals surface area contributed by atoms with Crippen LogP contribution in [0.2, 0.25) is 0 Å². The van der Waals surface area contributed by atoms with Crippen molar-refractivity contribution in [2.24, 2.45) is 0 Å². The maximum absolute atomic E-state index is 6.27. The van der Waals surface area contributed by atoms with Crippen LogP contribution < -0.4 is 4.74 Å². The average molecular weight is 387 g/mol. The number of hydrogen-bond donors (Lipinski definition) is 0. The summed E-state index contributed by atoms with van der Waals surface area (Å²) in [5, 5.41) is 13.7. The Labute approximate surface area is 167 Å². The summed E-state index contributed by atoms with van der Waals surface area (Å²) in [5.41, 5.74) is 5.21. The van der Waals surface area contributed by atoms with Gasteiger partial charge in [-0.1, -0.05) is 6.07 Å². The second kappa shape index (κ2) is 6.40. The van der Waals surface area contributed by atoms with Gasteiger partial charge in [0.1, 0.15) is 6.61 Å². The van der Waals surface area contributed by atoms with Crippen LogP contribution in [0, 0.1) is 6.92 Å². The minimum atomic E-state index is 0.391. The fourth-order valence-electron chi connectivity index (χ4n) is 4.88. The second-order valence-corrected chi connectivity index (χ2v) is 7.98. The fourth-order valence-corrected chi connectivity index (χ4v) is 4.88. The molecule has 3 aliphatic carbocycles. The Morgan fingerprint density at radius 3 is 2.62 bits per heavy atom. The first-order valence-corrected chi connectivity index (χ1v) is 10.2. The SMILES string of the molecule is Cc1cccc(COc2nn3c(-c4ccco4)nnc3c3c2C2CCC3CC2)n1. The Bertz CT molecular complexity index is 1190. The van der Waals surface area contributed by atoms with E-state index in [0.29, 0.717) is 35.9 Å². The number of nitrogens with zero attached hydrogens (tertiary/aromatic N) is 5. The van der Waals surface area contributed by atoms with E-state index in [4.69, 9.17) is 14.3 Å². The Balaban J connectivity index is 1.50. The molecule has 7 heteroatoms. The fraction of sp³-hybridized carbons (Fsp3) is 0.364. The van der Waals surface area contributed by atoms with Crippen LogP contribution in [0.15, 0.2) is 41.0 Å². The first-order valence-electron chi connectivity index (χ1n) is 10.2. The summed E-state index contributed by atoms with van der Waals surface area (Å²) < 4.78 is 13.6. The smallest absolute Gasteiger partial charge is 0.236 e. The van der Waals surface area contributed by atoms with Crippen molar-refractivity contribution >= 4 is 5.65 Å². The number of ether oxygens (including phenoxy) is 1. The van der Waals surface area contributed by atoms with Crippen LogP contribution in [0.4, 0.5) is 0 Å². The van der Waals surface area contributed by atoms with E-state index >= 15 is 0 Å². The van der Waals surface area contributed by atoms with E-state index < -0.39 is 0 Å². The molecule has 0 amide bonds. The zero-order valence-corrected chi connectivity index (χ0v) is 16.2. The van der Waals surface area contributed by atoms with E-state index in [1.807, 2.05) is 37.3 Å². The van der Waals surface area contributed by atoms with Crippen molar-refractivity contribution in [3.63, 3.8) is 0 Å². The summed E-state index contributed by atoms with van der Waals surface area (Å²) in [5.74, 6) is 2.91. The standard InChI is InChI=1S/C22H21N5O2/c1-13-4-2-5-16(23-13)12-29-22-19-15-9-7-14(8-10-15)18(19)21-25-24-20(27(21)26-22)17-6-3-11-28-17/h2-6,11,14-15H,7-10,12H2,1H3. The van der Waals surface area contributed by atoms with Gasteiger partial charge in [-0.05, 0) is 68.7 Å². The van der Waals surface area contributed by atoms with Crippen LogP contribution in [-0.2, 0) is 6.61 Å². The average Bonchev–Trinajstić information content (AvgIpc) is 3.42. The molecular weight excluding hydrogens is 366 g/mol. The van der Waals surface area contributed by atoms with Crippen molar-refractivity contribution in [1.82, 2.24) is 24.8 Å². The quantitative estimate of drug-likeness (QED) is 0.516. The van der Waals surface area contributed by atoms with Crippen molar-refractivity contribution in [2.45, 2.75) is 51.0 Å². The molecule has 0 radical (unpaired) electrons. The number of rotatable bonds is 4. The largest absolute Gasteiger partial charge is 0.470 e. The Morgan fingerprint density at radius 2 is 1.86 bits per heavy atom. The van der Waals surface area contributed by atoms with Gasteiger partial charge in [-0.25, -0.2) is 0 Å². The highest BCUT2D eigenvalue weighted by Crippen LogP contribution is 2.53. The molecule has 0 aliphatic heterocycles. The predicted molar refractivity (Wildman–Crippen MR) is 106 cm³/mol. The molecule has 29 heavy (non-hydrogen) atoms. The Hall–Kier alpha value is -3.22. The van der Waals surface area contributed by atoms with Gasteiger partial charge in [0.15, 0.2) is 11.4 Å². The number of aryl methyl sites for hydroxylation is 1. The molecule has 1 fully saturated rings. The normalized spacial score (nSPS) is 20.2. The van der Waals surface area contributed by atoms with E-state index in [1.54, 1.807) is 10.8 Å². The van der Waals surface area contributed by atoms with Crippen molar-refractivity contribution in [3.8, 4) is 17.5 Å². The van der Waals surface area contributed by atoms with Gasteiger partial charge in [0, 0.05) is 16.8 Å². The van der Waals surface area contributed by atoms with Gasteiger partial charge in [0.05, 0.1) is 12.0 Å². The third kappa shape index (κ3) is 2.64. The van der Waals surface area contributed by atoms with Gasteiger partial charge in [-0.15, -0.1) is 15.3 Å². The van der Waals surface area contributed by atoms with Crippen LogP contribution in [0.3, 0.4) is 0 Å². The predicted octanol–water partition coefficient (Wildman–Crippen LogP) is 4.42. The lowest BCUT2D eigenvalue weighted by Gasteiger charge is -2.38. The molecule has 146 valence electrons. The molecule has 4 aromatic heterocycles. The topological polar surface area (TPSA) is 78.3 Å². The van der Waals surface area contributed by atoms with Crippen molar-refractivity contribution in [1.29, 1.82) is 0 Å². The lowest BCUT2D eigenvalue weighted by molar-refractivity contribution is 0.265. The van der Waals surface area contributed by atoms with E-state index in [-0.39, 0.29) is 0 Å². The third-order valence-corrected chi connectivity index (χ3v) is 6.18. The number of pyridine rings is 1. The van der Waals surface area contributed by atoms with Crippen molar-refractivity contribution in [3.05, 3.63) is 59.1 Å². The van der Waals surface area contributed by atoms with Gasteiger partial charge in [0.25, 0.3) is 0 Å². The third-order valence-electron chi connectivity index (χ3n) is 6.18. The molecular formula is C22H21N5O2. The highest BCUT2D eigenvalue weighted by molar-refractivity contribution is 5.63. The summed E-state index contributed by atoms with van der Waals surface area (Å²) >= 11 is 0. The molecule has 0 atom stereocenters. The van der Waals surface area contributed by atoms with E-state index in [1.165, 1.54) is 36.8 Å². The molecule has 0 saturated heterocycles. The van der Waals surface area contributed by atoms with Gasteiger partial charge < -0.3 is 9.15 Å². The summed E-state index contributed by atoms with van der Waals surface area (Å²) in [6, 6.07) is 9.70. The molecule has 0 unspecified atom stereocenters. The van der Waals surface area contributed by atoms with E-state index in [2.05, 4.69) is 15.2 Å². The number of furan rings is 1. The number of hydrogen-bond acceptors (Lipinski definition) is 6. The summed E-state index contributed by atoms with van der Waals surface area (Å²) in [7, 11) is 0. The summed E-state index contributed by atoms with van der Waals surface area (Å²) in [6.07, 6.45) is 6.40. The van der Waals surface area contributed by atoms with Crippen LogP contribution in [-0.4, -0.2) is 24.8 Å². The number of fused-ring (bicyclic) bond motifs is 3. The van der Waals surface area contributed by atoms with Gasteiger partial charge in [0.2, 0.25) is 11.7 Å². The second-order valence-electron chi connectivity index (χ2n) is 7.98. The first-order chi connectivity index (χ1) is 14.3. The van der Waals surface area contributed by atoms with Crippen molar-refractivity contribution < 1.29 is 9.15 Å². The Morgan fingerprint density at radius 1 is 1.03 bits per heavy atom. The molecule has 4 aromatic rings. The monoisotopic (exact) mass is 387 g/mol. The molecule has 2 bridgehead atoms. The van der Waals surface area contributed by atoms with Crippen LogP contribution in [0.5, 0.6) is 5.88 Å². The van der Waals surface area contributed by atoms with Gasteiger partial charge in [-0.2, -0.15) is 4.52 Å². The molecule has 3 aliphatic rings. The molecule has 4 heterocycles. The highest BCUT2D eigenvalue weighted by atomic mass is 16.5. The molecule has 0 spiro atoms. The Kier molecular flexibility index (Phi) is 3.69. The highest BCUT2D eigenvalue weighted by Gasteiger charge is 2.39. The van der Waals surface area contributed by atoms with Gasteiger partial charge in [-0.3, -0.25) is 4.98 Å². The lowest BCUT2D eigenvalue weighted by atomic mass is 9.67. The minimum absolute atomic E-state index is 0.391. The van der Waals surface area contributed by atoms with Gasteiger partial charge >= 0.3 is 0 Å². The molecule has 7 rings (SSSR count). The molecule has 1 saturated carbocycles. The maximum atomic E-state index is 6.27. The van der Waals surface area contributed by atoms with Crippen LogP contribution in [0.1, 0.15) is 60.0 Å². The van der Waals surface area contributed by atoms with E-state index in [0.717, 1.165) is 17.0 Å². The minimum Gasteiger partial charge on any atom is -0.470 e. The zero-order valence-electron chi connectivity index (χ0n) is 16.2.